The average Bonchev–Trinajstić information content (AvgIpc) is 3.26. The van der Waals surface area contributed by atoms with Gasteiger partial charge in [-0.1, -0.05) is 188 Å². The van der Waals surface area contributed by atoms with Crippen LogP contribution in [0.3, 0.4) is 0 Å². The number of hydrogen-bond donors (Lipinski definition) is 0. The first-order valence-corrected chi connectivity index (χ1v) is 18.4. The van der Waals surface area contributed by atoms with Crippen molar-refractivity contribution in [3.8, 4) is 67.3 Å². The minimum atomic E-state index is 0.690. The van der Waals surface area contributed by atoms with Crippen LogP contribution in [0.5, 0.6) is 0 Å². The van der Waals surface area contributed by atoms with Crippen molar-refractivity contribution in [2.45, 2.75) is 0 Å². The number of benzene rings is 9. The van der Waals surface area contributed by atoms with Crippen molar-refractivity contribution >= 4 is 32.3 Å². The number of aromatic nitrogens is 2. The van der Waals surface area contributed by atoms with Crippen molar-refractivity contribution in [3.05, 3.63) is 206 Å². The fourth-order valence-corrected chi connectivity index (χ4v) is 7.83. The highest BCUT2D eigenvalue weighted by Gasteiger charge is 2.17. The van der Waals surface area contributed by atoms with Crippen molar-refractivity contribution in [1.82, 2.24) is 9.97 Å². The minimum Gasteiger partial charge on any atom is -0.228 e. The van der Waals surface area contributed by atoms with Gasteiger partial charge in [-0.3, -0.25) is 0 Å². The summed E-state index contributed by atoms with van der Waals surface area (Å²) < 4.78 is 0. The summed E-state index contributed by atoms with van der Waals surface area (Å²) in [5.41, 5.74) is 11.8. The van der Waals surface area contributed by atoms with E-state index in [2.05, 4.69) is 200 Å². The molecule has 0 saturated carbocycles. The lowest BCUT2D eigenvalue weighted by Gasteiger charge is -2.16. The van der Waals surface area contributed by atoms with Gasteiger partial charge in [-0.15, -0.1) is 0 Å². The monoisotopic (exact) mass is 686 g/mol. The summed E-state index contributed by atoms with van der Waals surface area (Å²) in [6.45, 7) is 0. The molecule has 0 saturated heterocycles. The Hall–Kier alpha value is -7.16. The van der Waals surface area contributed by atoms with Gasteiger partial charge in [0.1, 0.15) is 0 Å². The first-order chi connectivity index (χ1) is 26.8. The number of nitrogens with zero attached hydrogens (tertiary/aromatic N) is 2. The van der Waals surface area contributed by atoms with Gasteiger partial charge >= 0.3 is 0 Å². The van der Waals surface area contributed by atoms with Gasteiger partial charge in [-0.25, -0.2) is 9.97 Å². The second-order valence-corrected chi connectivity index (χ2v) is 13.8. The molecule has 1 heterocycles. The lowest BCUT2D eigenvalue weighted by atomic mass is 9.89. The second-order valence-electron chi connectivity index (χ2n) is 13.8. The first kappa shape index (κ1) is 31.6. The number of hydrogen-bond acceptors (Lipinski definition) is 2. The van der Waals surface area contributed by atoms with E-state index in [-0.39, 0.29) is 0 Å². The van der Waals surface area contributed by atoms with Crippen LogP contribution in [-0.4, -0.2) is 9.97 Å². The molecule has 10 rings (SSSR count). The van der Waals surface area contributed by atoms with Crippen LogP contribution in [0.4, 0.5) is 0 Å². The van der Waals surface area contributed by atoms with E-state index < -0.39 is 0 Å². The van der Waals surface area contributed by atoms with Crippen LogP contribution in [0.25, 0.3) is 99.6 Å². The van der Waals surface area contributed by atoms with Crippen molar-refractivity contribution in [1.29, 1.82) is 0 Å². The molecule has 0 radical (unpaired) electrons. The normalized spacial score (nSPS) is 11.3. The third-order valence-electron chi connectivity index (χ3n) is 10.5. The Morgan fingerprint density at radius 1 is 0.278 bits per heavy atom. The molecule has 0 atom stereocenters. The van der Waals surface area contributed by atoms with Gasteiger partial charge in [0.2, 0.25) is 0 Å². The molecule has 10 aromatic rings. The van der Waals surface area contributed by atoms with Crippen LogP contribution >= 0.6 is 0 Å². The predicted octanol–water partition coefficient (Wildman–Crippen LogP) is 13.9. The van der Waals surface area contributed by atoms with E-state index in [9.17, 15) is 0 Å². The molecule has 2 nitrogen and oxygen atoms in total. The van der Waals surface area contributed by atoms with Crippen LogP contribution in [0, 0.1) is 0 Å². The van der Waals surface area contributed by atoms with Gasteiger partial charge in [0.15, 0.2) is 5.82 Å². The van der Waals surface area contributed by atoms with Crippen molar-refractivity contribution < 1.29 is 0 Å². The zero-order valence-electron chi connectivity index (χ0n) is 29.5. The molecule has 0 N–H and O–H groups in total. The van der Waals surface area contributed by atoms with Crippen LogP contribution in [0.1, 0.15) is 0 Å². The Kier molecular flexibility index (Phi) is 7.85. The number of rotatable bonds is 6. The van der Waals surface area contributed by atoms with E-state index in [1.165, 1.54) is 49.0 Å². The van der Waals surface area contributed by atoms with Gasteiger partial charge in [0.05, 0.1) is 11.4 Å². The molecular weight excluding hydrogens is 653 g/mol. The topological polar surface area (TPSA) is 25.8 Å². The molecule has 0 bridgehead atoms. The SMILES string of the molecule is c1ccc(-c2ccc(-c3ccccc3)c(-c3cc(-c4ccccc4)nc(-c4ccc(-c5c6ccccc6cc6ccc7ccccc7c56)cc4)n3)c2)cc1. The summed E-state index contributed by atoms with van der Waals surface area (Å²) in [4.78, 5) is 10.6. The molecule has 252 valence electrons. The molecule has 9 aromatic carbocycles. The third kappa shape index (κ3) is 5.71. The van der Waals surface area contributed by atoms with Crippen LogP contribution in [0.2, 0.25) is 0 Å². The van der Waals surface area contributed by atoms with E-state index in [1.807, 2.05) is 6.07 Å². The Bertz CT molecular complexity index is 2950. The van der Waals surface area contributed by atoms with Crippen LogP contribution in [-0.2, 0) is 0 Å². The average molecular weight is 687 g/mol. The summed E-state index contributed by atoms with van der Waals surface area (Å²) in [5.74, 6) is 0.690. The molecular formula is C52H34N2. The van der Waals surface area contributed by atoms with Gasteiger partial charge in [0, 0.05) is 16.7 Å². The smallest absolute Gasteiger partial charge is 0.160 e. The van der Waals surface area contributed by atoms with E-state index in [1.54, 1.807) is 0 Å². The first-order valence-electron chi connectivity index (χ1n) is 18.4. The summed E-state index contributed by atoms with van der Waals surface area (Å²) in [5, 5.41) is 7.48. The van der Waals surface area contributed by atoms with Crippen molar-refractivity contribution in [3.63, 3.8) is 0 Å². The van der Waals surface area contributed by atoms with Gasteiger partial charge < -0.3 is 0 Å². The lowest BCUT2D eigenvalue weighted by molar-refractivity contribution is 1.18. The van der Waals surface area contributed by atoms with Crippen molar-refractivity contribution in [2.24, 2.45) is 0 Å². The van der Waals surface area contributed by atoms with Crippen molar-refractivity contribution in [2.75, 3.05) is 0 Å². The fraction of sp³-hybridized carbons (Fsp3) is 0. The highest BCUT2D eigenvalue weighted by Crippen LogP contribution is 2.41. The molecule has 0 fully saturated rings. The Labute approximate surface area is 314 Å². The van der Waals surface area contributed by atoms with Crippen LogP contribution < -0.4 is 0 Å². The largest absolute Gasteiger partial charge is 0.228 e. The zero-order chi connectivity index (χ0) is 35.8. The maximum absolute atomic E-state index is 5.35. The fourth-order valence-electron chi connectivity index (χ4n) is 7.83. The standard InChI is InChI=1S/C52H34N2/c1-4-14-35(15-5-1)41-30-31-44(36-16-6-2-7-17-36)47(33-41)49-34-48(38-19-8-3-9-20-38)53-52(54-49)40-27-25-39(26-28-40)50-46-23-13-11-21-42(46)32-43-29-24-37-18-10-12-22-45(37)51(43)50/h1-34H. The van der Waals surface area contributed by atoms with E-state index >= 15 is 0 Å². The van der Waals surface area contributed by atoms with Gasteiger partial charge in [0.25, 0.3) is 0 Å². The van der Waals surface area contributed by atoms with E-state index in [0.29, 0.717) is 5.82 Å². The summed E-state index contributed by atoms with van der Waals surface area (Å²) in [7, 11) is 0. The molecule has 0 aliphatic heterocycles. The van der Waals surface area contributed by atoms with Gasteiger partial charge in [-0.2, -0.15) is 0 Å². The van der Waals surface area contributed by atoms with Gasteiger partial charge in [-0.05, 0) is 83.9 Å². The molecule has 54 heavy (non-hydrogen) atoms. The predicted molar refractivity (Wildman–Crippen MR) is 227 cm³/mol. The zero-order valence-corrected chi connectivity index (χ0v) is 29.5. The molecule has 1 aromatic heterocycles. The maximum Gasteiger partial charge on any atom is 0.160 e. The number of fused-ring (bicyclic) bond motifs is 4. The minimum absolute atomic E-state index is 0.690. The molecule has 0 unspecified atom stereocenters. The maximum atomic E-state index is 5.35. The third-order valence-corrected chi connectivity index (χ3v) is 10.5. The molecule has 0 aliphatic rings. The summed E-state index contributed by atoms with van der Waals surface area (Å²) >= 11 is 0. The summed E-state index contributed by atoms with van der Waals surface area (Å²) in [6, 6.07) is 73.4. The Morgan fingerprint density at radius 3 is 1.57 bits per heavy atom. The second kappa shape index (κ2) is 13.4. The van der Waals surface area contributed by atoms with Crippen LogP contribution in [0.15, 0.2) is 206 Å². The summed E-state index contributed by atoms with van der Waals surface area (Å²) in [6.07, 6.45) is 0. The van der Waals surface area contributed by atoms with E-state index in [0.717, 1.165) is 44.8 Å². The highest BCUT2D eigenvalue weighted by atomic mass is 14.9. The highest BCUT2D eigenvalue weighted by molar-refractivity contribution is 6.21. The Morgan fingerprint density at radius 2 is 0.833 bits per heavy atom. The molecule has 0 spiro atoms. The van der Waals surface area contributed by atoms with E-state index in [4.69, 9.17) is 9.97 Å². The molecule has 0 amide bonds. The quantitative estimate of drug-likeness (QED) is 0.129. The Balaban J connectivity index is 1.17. The lowest BCUT2D eigenvalue weighted by Crippen LogP contribution is -1.97. The molecule has 0 aliphatic carbocycles. The molecule has 2 heteroatoms.